The number of carboxylic acid groups (broad SMARTS) is 1. The van der Waals surface area contributed by atoms with Crippen LogP contribution in [-0.4, -0.2) is 19.1 Å². The van der Waals surface area contributed by atoms with Crippen molar-refractivity contribution in [1.29, 1.82) is 0 Å². The highest BCUT2D eigenvalue weighted by molar-refractivity contribution is 6.81. The zero-order chi connectivity index (χ0) is 11.5. The SMILES string of the molecule is C=C(C(=O)O)C(C)[Si](C)(C)C(C)CC. The number of hydrogen-bond acceptors (Lipinski definition) is 1. The minimum atomic E-state index is -1.52. The fourth-order valence-electron chi connectivity index (χ4n) is 1.59. The summed E-state index contributed by atoms with van der Waals surface area (Å²) in [6, 6.07) is 0. The van der Waals surface area contributed by atoms with Crippen LogP contribution >= 0.6 is 0 Å². The van der Waals surface area contributed by atoms with Crippen molar-refractivity contribution in [2.45, 2.75) is 51.4 Å². The predicted octanol–water partition coefficient (Wildman–Crippen LogP) is 3.53. The van der Waals surface area contributed by atoms with Gasteiger partial charge in [-0.2, -0.15) is 0 Å². The Kier molecular flexibility index (Phi) is 4.58. The van der Waals surface area contributed by atoms with Gasteiger partial charge in [-0.3, -0.25) is 0 Å². The average Bonchev–Trinajstić information content (AvgIpc) is 2.13. The van der Waals surface area contributed by atoms with Gasteiger partial charge in [-0.15, -0.1) is 0 Å². The molecule has 0 aromatic heterocycles. The average molecular weight is 214 g/mol. The maximum Gasteiger partial charge on any atom is 0.330 e. The molecule has 2 atom stereocenters. The van der Waals surface area contributed by atoms with Gasteiger partial charge in [0.15, 0.2) is 0 Å². The molecule has 14 heavy (non-hydrogen) atoms. The zero-order valence-electron chi connectivity index (χ0n) is 9.92. The van der Waals surface area contributed by atoms with Crippen LogP contribution in [0.3, 0.4) is 0 Å². The molecule has 3 heteroatoms. The van der Waals surface area contributed by atoms with Gasteiger partial charge in [-0.05, 0) is 11.1 Å². The van der Waals surface area contributed by atoms with E-state index in [1.807, 2.05) is 6.92 Å². The molecule has 0 fully saturated rings. The molecule has 0 aliphatic rings. The maximum atomic E-state index is 10.8. The standard InChI is InChI=1S/C11H22O2Si/c1-7-8(2)14(5,6)10(4)9(3)11(12)13/h8,10H,3,7H2,1-2,4-6H3,(H,12,13). The lowest BCUT2D eigenvalue weighted by Crippen LogP contribution is -2.37. The Hall–Kier alpha value is -0.573. The smallest absolute Gasteiger partial charge is 0.330 e. The van der Waals surface area contributed by atoms with Crippen LogP contribution < -0.4 is 0 Å². The molecule has 0 spiro atoms. The largest absolute Gasteiger partial charge is 0.478 e. The Bertz CT molecular complexity index is 233. The van der Waals surface area contributed by atoms with E-state index in [1.165, 1.54) is 0 Å². The monoisotopic (exact) mass is 214 g/mol. The highest BCUT2D eigenvalue weighted by Crippen LogP contribution is 2.38. The van der Waals surface area contributed by atoms with Gasteiger partial charge in [0.25, 0.3) is 0 Å². The lowest BCUT2D eigenvalue weighted by Gasteiger charge is -2.35. The second kappa shape index (κ2) is 4.78. The van der Waals surface area contributed by atoms with Gasteiger partial charge in [0.2, 0.25) is 0 Å². The Balaban J connectivity index is 4.74. The fourth-order valence-corrected chi connectivity index (χ4v) is 4.51. The molecule has 0 bridgehead atoms. The van der Waals surface area contributed by atoms with E-state index in [4.69, 9.17) is 5.11 Å². The summed E-state index contributed by atoms with van der Waals surface area (Å²) < 4.78 is 0. The van der Waals surface area contributed by atoms with Crippen LogP contribution in [0.25, 0.3) is 0 Å². The van der Waals surface area contributed by atoms with Crippen LogP contribution in [0.2, 0.25) is 24.2 Å². The summed E-state index contributed by atoms with van der Waals surface area (Å²) in [7, 11) is -1.52. The summed E-state index contributed by atoms with van der Waals surface area (Å²) in [5.41, 5.74) is 1.16. The molecule has 82 valence electrons. The topological polar surface area (TPSA) is 37.3 Å². The third-order valence-electron chi connectivity index (χ3n) is 3.80. The van der Waals surface area contributed by atoms with Gasteiger partial charge in [0.1, 0.15) is 0 Å². The predicted molar refractivity (Wildman–Crippen MR) is 63.4 cm³/mol. The van der Waals surface area contributed by atoms with E-state index in [2.05, 4.69) is 33.5 Å². The fraction of sp³-hybridized carbons (Fsp3) is 0.727. The van der Waals surface area contributed by atoms with E-state index in [-0.39, 0.29) is 5.54 Å². The van der Waals surface area contributed by atoms with E-state index >= 15 is 0 Å². The van der Waals surface area contributed by atoms with Crippen LogP contribution in [0.5, 0.6) is 0 Å². The summed E-state index contributed by atoms with van der Waals surface area (Å²) in [6.07, 6.45) is 1.12. The molecule has 0 aliphatic carbocycles. The van der Waals surface area contributed by atoms with Crippen LogP contribution in [0.15, 0.2) is 12.2 Å². The van der Waals surface area contributed by atoms with Crippen LogP contribution in [-0.2, 0) is 4.79 Å². The van der Waals surface area contributed by atoms with Gasteiger partial charge in [0, 0.05) is 5.57 Å². The van der Waals surface area contributed by atoms with Crippen molar-refractivity contribution in [1.82, 2.24) is 0 Å². The van der Waals surface area contributed by atoms with E-state index in [0.717, 1.165) is 6.42 Å². The van der Waals surface area contributed by atoms with Gasteiger partial charge in [0.05, 0.1) is 8.07 Å². The van der Waals surface area contributed by atoms with Crippen molar-refractivity contribution in [2.75, 3.05) is 0 Å². The molecule has 2 nitrogen and oxygen atoms in total. The van der Waals surface area contributed by atoms with E-state index in [0.29, 0.717) is 11.1 Å². The Morgan fingerprint density at radius 1 is 1.43 bits per heavy atom. The molecular weight excluding hydrogens is 192 g/mol. The summed E-state index contributed by atoms with van der Waals surface area (Å²) >= 11 is 0. The van der Waals surface area contributed by atoms with Crippen molar-refractivity contribution in [3.8, 4) is 0 Å². The van der Waals surface area contributed by atoms with Crippen LogP contribution in [0, 0.1) is 0 Å². The molecule has 0 heterocycles. The van der Waals surface area contributed by atoms with Crippen LogP contribution in [0.4, 0.5) is 0 Å². The first kappa shape index (κ1) is 13.4. The Morgan fingerprint density at radius 3 is 2.14 bits per heavy atom. The Labute approximate surface area is 88.0 Å². The second-order valence-corrected chi connectivity index (χ2v) is 10.2. The second-order valence-electron chi connectivity index (χ2n) is 4.68. The van der Waals surface area contributed by atoms with E-state index in [1.54, 1.807) is 0 Å². The van der Waals surface area contributed by atoms with Crippen molar-refractivity contribution in [3.05, 3.63) is 12.2 Å². The van der Waals surface area contributed by atoms with Crippen molar-refractivity contribution in [3.63, 3.8) is 0 Å². The first-order valence-electron chi connectivity index (χ1n) is 5.17. The van der Waals surface area contributed by atoms with E-state index < -0.39 is 14.0 Å². The number of rotatable bonds is 5. The van der Waals surface area contributed by atoms with Crippen molar-refractivity contribution >= 4 is 14.0 Å². The van der Waals surface area contributed by atoms with Crippen molar-refractivity contribution < 1.29 is 9.90 Å². The molecule has 0 rings (SSSR count). The molecule has 0 aliphatic heterocycles. The third kappa shape index (κ3) is 2.71. The zero-order valence-corrected chi connectivity index (χ0v) is 10.9. The van der Waals surface area contributed by atoms with Gasteiger partial charge in [-0.1, -0.05) is 46.9 Å². The highest BCUT2D eigenvalue weighted by atomic mass is 28.3. The first-order valence-corrected chi connectivity index (χ1v) is 8.32. The summed E-state index contributed by atoms with van der Waals surface area (Å²) in [6.45, 7) is 14.6. The molecule has 2 unspecified atom stereocenters. The first-order chi connectivity index (χ1) is 6.25. The molecule has 0 saturated carbocycles. The normalized spacial score (nSPS) is 16.1. The van der Waals surface area contributed by atoms with Crippen LogP contribution in [0.1, 0.15) is 27.2 Å². The number of carboxylic acids is 1. The number of aliphatic carboxylic acids is 1. The molecular formula is C11H22O2Si. The Morgan fingerprint density at radius 2 is 1.86 bits per heavy atom. The molecule has 0 radical (unpaired) electrons. The van der Waals surface area contributed by atoms with E-state index in [9.17, 15) is 4.79 Å². The minimum absolute atomic E-state index is 0.148. The van der Waals surface area contributed by atoms with Gasteiger partial charge >= 0.3 is 5.97 Å². The maximum absolute atomic E-state index is 10.8. The summed E-state index contributed by atoms with van der Waals surface area (Å²) in [5.74, 6) is -0.846. The molecule has 0 aromatic carbocycles. The summed E-state index contributed by atoms with van der Waals surface area (Å²) in [5, 5.41) is 8.89. The molecule has 0 amide bonds. The lowest BCUT2D eigenvalue weighted by molar-refractivity contribution is -0.132. The van der Waals surface area contributed by atoms with Gasteiger partial charge < -0.3 is 5.11 Å². The molecule has 0 saturated heterocycles. The van der Waals surface area contributed by atoms with Gasteiger partial charge in [-0.25, -0.2) is 4.79 Å². The lowest BCUT2D eigenvalue weighted by atomic mass is 10.2. The quantitative estimate of drug-likeness (QED) is 0.561. The number of carbonyl (C=O) groups is 1. The highest BCUT2D eigenvalue weighted by Gasteiger charge is 2.36. The summed E-state index contributed by atoms with van der Waals surface area (Å²) in [4.78, 5) is 10.8. The molecule has 1 N–H and O–H groups in total. The molecule has 0 aromatic rings. The minimum Gasteiger partial charge on any atom is -0.478 e. The van der Waals surface area contributed by atoms with Crippen molar-refractivity contribution in [2.24, 2.45) is 0 Å². The third-order valence-corrected chi connectivity index (χ3v) is 9.32. The number of hydrogen-bond donors (Lipinski definition) is 1.